The quantitative estimate of drug-likeness (QED) is 0.295. The van der Waals surface area contributed by atoms with Gasteiger partial charge in [-0.2, -0.15) is 0 Å². The molecule has 7 heteroatoms. The summed E-state index contributed by atoms with van der Waals surface area (Å²) in [5, 5.41) is 11.6. The number of hydrogen-bond acceptors (Lipinski definition) is 4. The van der Waals surface area contributed by atoms with Crippen LogP contribution in [0, 0.1) is 17.0 Å². The number of nitrogens with zero attached hydrogens (tertiary/aromatic N) is 3. The third kappa shape index (κ3) is 3.79. The van der Waals surface area contributed by atoms with Gasteiger partial charge in [0.15, 0.2) is 0 Å². The number of aryl methyl sites for hydroxylation is 1. The Bertz CT molecular complexity index is 1380. The second-order valence-corrected chi connectivity index (χ2v) is 7.60. The summed E-state index contributed by atoms with van der Waals surface area (Å²) in [6.45, 7) is 1.95. The second kappa shape index (κ2) is 8.04. The number of rotatable bonds is 4. The van der Waals surface area contributed by atoms with E-state index in [0.717, 1.165) is 10.0 Å². The molecule has 148 valence electrons. The lowest BCUT2D eigenvalue weighted by atomic mass is 10.1. The lowest BCUT2D eigenvalue weighted by Crippen LogP contribution is -2.22. The van der Waals surface area contributed by atoms with Gasteiger partial charge in [0.25, 0.3) is 11.2 Å². The van der Waals surface area contributed by atoms with E-state index in [1.807, 2.05) is 31.2 Å². The highest BCUT2D eigenvalue weighted by Crippen LogP contribution is 2.22. The molecule has 1 heterocycles. The van der Waals surface area contributed by atoms with E-state index in [9.17, 15) is 14.9 Å². The van der Waals surface area contributed by atoms with Crippen LogP contribution in [-0.2, 0) is 0 Å². The van der Waals surface area contributed by atoms with Gasteiger partial charge in [-0.3, -0.25) is 19.5 Å². The molecule has 0 saturated heterocycles. The molecule has 4 aromatic rings. The summed E-state index contributed by atoms with van der Waals surface area (Å²) in [4.78, 5) is 28.6. The minimum atomic E-state index is -0.438. The SMILES string of the molecule is Cc1cc(-n2c(C=Cc3cccc([N+](=O)[O-])c3)nc3ccccc3c2=O)ccc1Br. The topological polar surface area (TPSA) is 78.0 Å². The molecule has 0 saturated carbocycles. The first-order chi connectivity index (χ1) is 14.4. The third-order valence-electron chi connectivity index (χ3n) is 4.71. The van der Waals surface area contributed by atoms with Crippen molar-refractivity contribution in [3.63, 3.8) is 0 Å². The highest BCUT2D eigenvalue weighted by atomic mass is 79.9. The Morgan fingerprint density at radius 1 is 1.03 bits per heavy atom. The van der Waals surface area contributed by atoms with Crippen LogP contribution in [0.2, 0.25) is 0 Å². The fourth-order valence-electron chi connectivity index (χ4n) is 3.19. The molecule has 1 aromatic heterocycles. The summed E-state index contributed by atoms with van der Waals surface area (Å²) in [6, 6.07) is 19.1. The molecule has 30 heavy (non-hydrogen) atoms. The molecule has 0 spiro atoms. The van der Waals surface area contributed by atoms with Crippen molar-refractivity contribution in [2.75, 3.05) is 0 Å². The van der Waals surface area contributed by atoms with Crippen LogP contribution < -0.4 is 5.56 Å². The molecule has 0 radical (unpaired) electrons. The maximum absolute atomic E-state index is 13.3. The average Bonchev–Trinajstić information content (AvgIpc) is 2.75. The van der Waals surface area contributed by atoms with Gasteiger partial charge in [-0.05, 0) is 54.5 Å². The van der Waals surface area contributed by atoms with Crippen molar-refractivity contribution in [1.29, 1.82) is 0 Å². The van der Waals surface area contributed by atoms with Gasteiger partial charge in [0.05, 0.1) is 21.5 Å². The van der Waals surface area contributed by atoms with Gasteiger partial charge in [0, 0.05) is 16.6 Å². The predicted octanol–water partition coefficient (Wildman–Crippen LogP) is 5.54. The van der Waals surface area contributed by atoms with Crippen molar-refractivity contribution >= 4 is 44.7 Å². The van der Waals surface area contributed by atoms with E-state index >= 15 is 0 Å². The van der Waals surface area contributed by atoms with Crippen LogP contribution in [0.3, 0.4) is 0 Å². The highest BCUT2D eigenvalue weighted by Gasteiger charge is 2.12. The van der Waals surface area contributed by atoms with E-state index in [0.29, 0.717) is 28.0 Å². The standard InChI is InChI=1S/C23H16BrN3O3/c1-15-13-17(10-11-20(15)24)26-22(25-21-8-3-2-7-19(21)23(26)28)12-9-16-5-4-6-18(14-16)27(29)30/h2-14H,1H3. The van der Waals surface area contributed by atoms with Crippen molar-refractivity contribution in [3.8, 4) is 5.69 Å². The van der Waals surface area contributed by atoms with Gasteiger partial charge in [0.2, 0.25) is 0 Å². The molecule has 0 bridgehead atoms. The first kappa shape index (κ1) is 19.7. The summed E-state index contributed by atoms with van der Waals surface area (Å²) in [5.74, 6) is 0.437. The van der Waals surface area contributed by atoms with Crippen molar-refractivity contribution < 1.29 is 4.92 Å². The van der Waals surface area contributed by atoms with Crippen molar-refractivity contribution in [1.82, 2.24) is 9.55 Å². The lowest BCUT2D eigenvalue weighted by Gasteiger charge is -2.12. The Morgan fingerprint density at radius 3 is 2.60 bits per heavy atom. The van der Waals surface area contributed by atoms with Crippen LogP contribution in [0.5, 0.6) is 0 Å². The number of para-hydroxylation sites is 1. The zero-order valence-electron chi connectivity index (χ0n) is 15.9. The van der Waals surface area contributed by atoms with Crippen molar-refractivity contribution in [2.24, 2.45) is 0 Å². The number of non-ortho nitro benzene ring substituents is 1. The maximum Gasteiger partial charge on any atom is 0.270 e. The van der Waals surface area contributed by atoms with E-state index < -0.39 is 4.92 Å². The fourth-order valence-corrected chi connectivity index (χ4v) is 3.44. The molecule has 0 fully saturated rings. The maximum atomic E-state index is 13.3. The summed E-state index contributed by atoms with van der Waals surface area (Å²) in [6.07, 6.45) is 3.41. The molecule has 0 atom stereocenters. The zero-order chi connectivity index (χ0) is 21.3. The molecule has 0 amide bonds. The minimum absolute atomic E-state index is 0.00421. The molecular weight excluding hydrogens is 446 g/mol. The summed E-state index contributed by atoms with van der Waals surface area (Å²) in [7, 11) is 0. The van der Waals surface area contributed by atoms with Gasteiger partial charge < -0.3 is 0 Å². The van der Waals surface area contributed by atoms with E-state index in [1.165, 1.54) is 12.1 Å². The van der Waals surface area contributed by atoms with Crippen molar-refractivity contribution in [2.45, 2.75) is 6.92 Å². The molecule has 0 aliphatic rings. The Hall–Kier alpha value is -3.58. The second-order valence-electron chi connectivity index (χ2n) is 6.75. The van der Waals surface area contributed by atoms with E-state index in [4.69, 9.17) is 0 Å². The molecule has 0 aliphatic heterocycles. The van der Waals surface area contributed by atoms with E-state index in [2.05, 4.69) is 20.9 Å². The highest BCUT2D eigenvalue weighted by molar-refractivity contribution is 9.10. The summed E-state index contributed by atoms with van der Waals surface area (Å²) in [5.41, 5.74) is 2.74. The first-order valence-corrected chi connectivity index (χ1v) is 9.94. The first-order valence-electron chi connectivity index (χ1n) is 9.15. The minimum Gasteiger partial charge on any atom is -0.268 e. The smallest absolute Gasteiger partial charge is 0.268 e. The van der Waals surface area contributed by atoms with Crippen LogP contribution in [-0.4, -0.2) is 14.5 Å². The molecule has 3 aromatic carbocycles. The molecule has 6 nitrogen and oxygen atoms in total. The molecule has 0 aliphatic carbocycles. The van der Waals surface area contributed by atoms with Crippen LogP contribution in [0.15, 0.2) is 76.0 Å². The summed E-state index contributed by atoms with van der Waals surface area (Å²) >= 11 is 3.49. The molecule has 0 unspecified atom stereocenters. The van der Waals surface area contributed by atoms with Crippen molar-refractivity contribution in [3.05, 3.63) is 109 Å². The summed E-state index contributed by atoms with van der Waals surface area (Å²) < 4.78 is 2.50. The van der Waals surface area contributed by atoms with Gasteiger partial charge >= 0.3 is 0 Å². The van der Waals surface area contributed by atoms with Crippen LogP contribution in [0.1, 0.15) is 17.0 Å². The van der Waals surface area contributed by atoms with Gasteiger partial charge in [0.1, 0.15) is 5.82 Å². The van der Waals surface area contributed by atoms with E-state index in [1.54, 1.807) is 47.1 Å². The van der Waals surface area contributed by atoms with Crippen LogP contribution >= 0.6 is 15.9 Å². The normalized spacial score (nSPS) is 11.3. The third-order valence-corrected chi connectivity index (χ3v) is 5.60. The van der Waals surface area contributed by atoms with Gasteiger partial charge in [-0.1, -0.05) is 46.3 Å². The lowest BCUT2D eigenvalue weighted by molar-refractivity contribution is -0.384. The number of benzene rings is 3. The Balaban J connectivity index is 1.92. The Kier molecular flexibility index (Phi) is 5.29. The number of aromatic nitrogens is 2. The number of hydrogen-bond donors (Lipinski definition) is 0. The number of fused-ring (bicyclic) bond motifs is 1. The number of nitro benzene ring substituents is 1. The predicted molar refractivity (Wildman–Crippen MR) is 122 cm³/mol. The van der Waals surface area contributed by atoms with Crippen LogP contribution in [0.4, 0.5) is 5.69 Å². The van der Waals surface area contributed by atoms with Crippen LogP contribution in [0.25, 0.3) is 28.7 Å². The molecular formula is C23H16BrN3O3. The Labute approximate surface area is 180 Å². The average molecular weight is 462 g/mol. The number of nitro groups is 1. The van der Waals surface area contributed by atoms with Gasteiger partial charge in [-0.25, -0.2) is 4.98 Å². The number of halogens is 1. The molecule has 4 rings (SSSR count). The van der Waals surface area contributed by atoms with Gasteiger partial charge in [-0.15, -0.1) is 0 Å². The largest absolute Gasteiger partial charge is 0.270 e. The molecule has 0 N–H and O–H groups in total. The Morgan fingerprint density at radius 2 is 1.83 bits per heavy atom. The monoisotopic (exact) mass is 461 g/mol. The fraction of sp³-hybridized carbons (Fsp3) is 0.0435. The van der Waals surface area contributed by atoms with E-state index in [-0.39, 0.29) is 11.2 Å². The zero-order valence-corrected chi connectivity index (χ0v) is 17.5.